The van der Waals surface area contributed by atoms with E-state index in [1.165, 1.54) is 17.0 Å². The molecule has 2 heterocycles. The third-order valence-corrected chi connectivity index (χ3v) is 5.12. The Balaban J connectivity index is 0.00000324. The number of H-pyrrole nitrogens is 1. The number of benzene rings is 1. The van der Waals surface area contributed by atoms with E-state index in [0.29, 0.717) is 18.6 Å². The van der Waals surface area contributed by atoms with E-state index >= 15 is 0 Å². The van der Waals surface area contributed by atoms with Gasteiger partial charge in [-0.25, -0.2) is 4.79 Å². The molecule has 2 aromatic rings. The van der Waals surface area contributed by atoms with Crippen molar-refractivity contribution in [3.63, 3.8) is 0 Å². The number of carboxylic acids is 2. The Hall–Kier alpha value is -3.40. The molecule has 1 unspecified atom stereocenters. The maximum Gasteiger partial charge on any atom is 0.326 e. The molecule has 0 saturated carbocycles. The molecular formula is C20H25CaN7O8. The van der Waals surface area contributed by atoms with E-state index in [-0.39, 0.29) is 79.2 Å². The Morgan fingerprint density at radius 2 is 1.92 bits per heavy atom. The molecule has 2 atom stereocenters. The van der Waals surface area contributed by atoms with E-state index in [9.17, 15) is 29.1 Å². The number of carbonyl (C=O) groups is 4. The number of rotatable bonds is 10. The topological polar surface area (TPSA) is 251 Å². The van der Waals surface area contributed by atoms with Crippen molar-refractivity contribution in [2.75, 3.05) is 34.4 Å². The van der Waals surface area contributed by atoms with Crippen molar-refractivity contribution in [1.29, 1.82) is 0 Å². The van der Waals surface area contributed by atoms with Gasteiger partial charge < -0.3 is 42.3 Å². The monoisotopic (exact) mass is 531 g/mol. The van der Waals surface area contributed by atoms with Crippen LogP contribution in [0.2, 0.25) is 0 Å². The summed E-state index contributed by atoms with van der Waals surface area (Å²) in [5.74, 6) is -3.00. The number of nitrogens with one attached hydrogen (secondary N) is 4. The maximum atomic E-state index is 12.3. The summed E-state index contributed by atoms with van der Waals surface area (Å²) in [6.45, 7) is 0.568. The van der Waals surface area contributed by atoms with Crippen LogP contribution in [0.25, 0.3) is 0 Å². The third kappa shape index (κ3) is 7.55. The van der Waals surface area contributed by atoms with E-state index < -0.39 is 41.9 Å². The molecule has 2 amide bonds. The van der Waals surface area contributed by atoms with Crippen molar-refractivity contribution in [2.45, 2.75) is 24.9 Å². The fourth-order valence-corrected chi connectivity index (χ4v) is 3.39. The molecule has 2 radical (unpaired) electrons. The number of nitrogen functional groups attached to an aromatic ring is 1. The first-order valence-corrected chi connectivity index (χ1v) is 10.2. The fourth-order valence-electron chi connectivity index (χ4n) is 3.39. The van der Waals surface area contributed by atoms with Crippen molar-refractivity contribution in [1.82, 2.24) is 15.3 Å². The van der Waals surface area contributed by atoms with E-state index in [4.69, 9.17) is 10.8 Å². The number of nitrogens with two attached hydrogens (primary N) is 1. The van der Waals surface area contributed by atoms with Gasteiger partial charge >= 0.3 is 11.9 Å². The molecule has 10 N–H and O–H groups in total. The molecule has 1 aliphatic heterocycles. The number of aromatic nitrogens is 2. The predicted molar refractivity (Wildman–Crippen MR) is 130 cm³/mol. The molecule has 0 aliphatic carbocycles. The molecule has 1 aromatic carbocycles. The summed E-state index contributed by atoms with van der Waals surface area (Å²) in [5, 5.41) is 26.3. The normalized spacial score (nSPS) is 14.6. The average molecular weight is 532 g/mol. The Labute approximate surface area is 233 Å². The number of carbonyl (C=O) groups excluding carboxylic acids is 2. The van der Waals surface area contributed by atoms with Crippen LogP contribution in [-0.4, -0.2) is 113 Å². The van der Waals surface area contributed by atoms with Gasteiger partial charge in [0.15, 0.2) is 11.5 Å². The number of hydrogen-bond donors (Lipinski definition) is 7. The summed E-state index contributed by atoms with van der Waals surface area (Å²) < 4.78 is 0. The van der Waals surface area contributed by atoms with Crippen LogP contribution in [0.15, 0.2) is 29.1 Å². The number of carboxylic acid groups (broad SMARTS) is 2. The molecule has 15 nitrogen and oxygen atoms in total. The zero-order chi connectivity index (χ0) is 24.8. The molecule has 0 saturated heterocycles. The smallest absolute Gasteiger partial charge is 0.326 e. The SMILES string of the molecule is Nc1nc2c(c(=O)[nH]1)N(C=O)C(CNc1ccc(C(=O)N[C@@H](CCC(=O)O)C(=O)O)cc1)CN2.O.[Ca]. The standard InChI is InChI=1S/C20H23N7O7.Ca.H2O/c21-20-25-16-15(18(32)26-20)27(9-28)12(8-23-16)7-22-11-3-1-10(2-4-11)17(31)24-13(19(33)34)5-6-14(29)30;;/h1-4,9,12-13,22H,5-8H2,(H,24,31)(H,29,30)(H,33,34)(H4,21,23,25,26,32);;1H2/t12?,13-;;/m0../s1. The van der Waals surface area contributed by atoms with Gasteiger partial charge in [-0.3, -0.25) is 24.2 Å². The number of fused-ring (bicyclic) bond motifs is 1. The summed E-state index contributed by atoms with van der Waals surface area (Å²) in [6, 6.07) is 4.36. The van der Waals surface area contributed by atoms with Crippen LogP contribution < -0.4 is 32.1 Å². The molecular weight excluding hydrogens is 506 g/mol. The van der Waals surface area contributed by atoms with Crippen molar-refractivity contribution in [2.24, 2.45) is 0 Å². The molecule has 3 rings (SSSR count). The van der Waals surface area contributed by atoms with Gasteiger partial charge in [0, 0.05) is 68.5 Å². The molecule has 36 heavy (non-hydrogen) atoms. The van der Waals surface area contributed by atoms with Crippen molar-refractivity contribution in [3.8, 4) is 0 Å². The summed E-state index contributed by atoms with van der Waals surface area (Å²) in [5.41, 5.74) is 5.84. The molecule has 0 bridgehead atoms. The number of hydrogen-bond acceptors (Lipinski definition) is 9. The third-order valence-electron chi connectivity index (χ3n) is 5.12. The van der Waals surface area contributed by atoms with E-state index in [1.54, 1.807) is 12.1 Å². The molecule has 16 heteroatoms. The summed E-state index contributed by atoms with van der Waals surface area (Å²) in [6.07, 6.45) is -0.101. The largest absolute Gasteiger partial charge is 0.481 e. The minimum atomic E-state index is -1.33. The Morgan fingerprint density at radius 1 is 1.25 bits per heavy atom. The van der Waals surface area contributed by atoms with Gasteiger partial charge in [-0.2, -0.15) is 4.98 Å². The van der Waals surface area contributed by atoms with Crippen molar-refractivity contribution in [3.05, 3.63) is 40.2 Å². The second-order valence-corrected chi connectivity index (χ2v) is 7.45. The second kappa shape index (κ2) is 13.6. The quantitative estimate of drug-likeness (QED) is 0.131. The molecule has 1 aromatic heterocycles. The van der Waals surface area contributed by atoms with Crippen LogP contribution in [0, 0.1) is 0 Å². The van der Waals surface area contributed by atoms with Crippen LogP contribution >= 0.6 is 0 Å². The maximum absolute atomic E-state index is 12.3. The number of amides is 2. The predicted octanol–water partition coefficient (Wildman–Crippen LogP) is -1.94. The Bertz CT molecular complexity index is 1160. The first kappa shape index (κ1) is 30.6. The number of nitrogens with zero attached hydrogens (tertiary/aromatic N) is 2. The van der Waals surface area contributed by atoms with Gasteiger partial charge in [0.05, 0.1) is 6.04 Å². The minimum Gasteiger partial charge on any atom is -0.481 e. The van der Waals surface area contributed by atoms with E-state index in [2.05, 4.69) is 25.9 Å². The van der Waals surface area contributed by atoms with Gasteiger partial charge in [0.1, 0.15) is 6.04 Å². The van der Waals surface area contributed by atoms with Gasteiger partial charge in [0.25, 0.3) is 11.5 Å². The van der Waals surface area contributed by atoms with Crippen LogP contribution in [0.5, 0.6) is 0 Å². The van der Waals surface area contributed by atoms with Crippen LogP contribution in [0.3, 0.4) is 0 Å². The van der Waals surface area contributed by atoms with Gasteiger partial charge in [0.2, 0.25) is 12.4 Å². The molecule has 190 valence electrons. The number of anilines is 4. The average Bonchev–Trinajstić information content (AvgIpc) is 2.79. The summed E-state index contributed by atoms with van der Waals surface area (Å²) in [7, 11) is 0. The Kier molecular flexibility index (Phi) is 11.6. The van der Waals surface area contributed by atoms with E-state index in [1.807, 2.05) is 0 Å². The zero-order valence-corrected chi connectivity index (χ0v) is 21.2. The number of aromatic amines is 1. The van der Waals surface area contributed by atoms with Crippen LogP contribution in [0.1, 0.15) is 23.2 Å². The van der Waals surface area contributed by atoms with Gasteiger partial charge in [-0.15, -0.1) is 0 Å². The van der Waals surface area contributed by atoms with Crippen molar-refractivity contribution < 1.29 is 34.9 Å². The summed E-state index contributed by atoms with van der Waals surface area (Å²) >= 11 is 0. The fraction of sp³-hybridized carbons (Fsp3) is 0.300. The van der Waals surface area contributed by atoms with Gasteiger partial charge in [-0.1, -0.05) is 0 Å². The van der Waals surface area contributed by atoms with Crippen molar-refractivity contribution >= 4 is 85.1 Å². The zero-order valence-electron chi connectivity index (χ0n) is 19.0. The molecule has 0 fully saturated rings. The Morgan fingerprint density at radius 3 is 2.50 bits per heavy atom. The first-order chi connectivity index (χ1) is 16.2. The first-order valence-electron chi connectivity index (χ1n) is 10.2. The minimum absolute atomic E-state index is 0. The molecule has 1 aliphatic rings. The number of aliphatic carboxylic acids is 2. The molecule has 0 spiro atoms. The van der Waals surface area contributed by atoms with Crippen LogP contribution in [-0.2, 0) is 14.4 Å². The van der Waals surface area contributed by atoms with Crippen LogP contribution in [0.4, 0.5) is 23.1 Å². The van der Waals surface area contributed by atoms with Gasteiger partial charge in [-0.05, 0) is 30.7 Å². The second-order valence-electron chi connectivity index (χ2n) is 7.45. The van der Waals surface area contributed by atoms with E-state index in [0.717, 1.165) is 0 Å². The summed E-state index contributed by atoms with van der Waals surface area (Å²) in [4.78, 5) is 65.7.